The van der Waals surface area contributed by atoms with Gasteiger partial charge in [-0.2, -0.15) is 0 Å². The summed E-state index contributed by atoms with van der Waals surface area (Å²) in [4.78, 5) is 83.9. The molecule has 17 heteroatoms. The molecule has 0 bridgehead atoms. The van der Waals surface area contributed by atoms with Crippen LogP contribution in [-0.4, -0.2) is 123 Å². The highest BCUT2D eigenvalue weighted by Crippen LogP contribution is 2.39. The summed E-state index contributed by atoms with van der Waals surface area (Å²) in [6, 6.07) is 22.4. The van der Waals surface area contributed by atoms with Gasteiger partial charge in [0, 0.05) is 113 Å². The molecule has 67 heavy (non-hydrogen) atoms. The van der Waals surface area contributed by atoms with Crippen molar-refractivity contribution in [1.29, 1.82) is 0 Å². The van der Waals surface area contributed by atoms with Crippen molar-refractivity contribution < 1.29 is 53.2 Å². The number of benzene rings is 2. The van der Waals surface area contributed by atoms with Gasteiger partial charge in [0.2, 0.25) is 23.6 Å². The number of carboxylic acid groups (broad SMARTS) is 1. The molecular formula is C50H60N6O11. The highest BCUT2D eigenvalue weighted by atomic mass is 16.6. The van der Waals surface area contributed by atoms with Crippen LogP contribution < -0.4 is 20.4 Å². The van der Waals surface area contributed by atoms with Crippen LogP contribution in [0.5, 0.6) is 0 Å². The van der Waals surface area contributed by atoms with Crippen molar-refractivity contribution in [2.75, 3.05) is 76.6 Å². The van der Waals surface area contributed by atoms with Crippen LogP contribution in [0.15, 0.2) is 110 Å². The van der Waals surface area contributed by atoms with E-state index in [0.717, 1.165) is 33.6 Å². The number of para-hydroxylation sites is 2. The molecule has 0 saturated heterocycles. The Labute approximate surface area is 390 Å². The average Bonchev–Trinajstić information content (AvgIpc) is 3.89. The van der Waals surface area contributed by atoms with Gasteiger partial charge in [0.1, 0.15) is 6.61 Å². The zero-order chi connectivity index (χ0) is 48.2. The summed E-state index contributed by atoms with van der Waals surface area (Å²) in [7, 11) is 3.10. The van der Waals surface area contributed by atoms with Gasteiger partial charge in [0.05, 0.1) is 32.7 Å². The molecule has 0 fully saturated rings. The first-order chi connectivity index (χ1) is 32.5. The first-order valence-corrected chi connectivity index (χ1v) is 22.0. The summed E-state index contributed by atoms with van der Waals surface area (Å²) in [5, 5.41) is 22.6. The number of hydrogen-bond donors (Lipinski definition) is 4. The minimum absolute atomic E-state index is 0.000119. The standard InChI is InChI=1S/C25H29N3O5.C22H23N3O4.C3H8O2/c1-32-14-15-33-25(31)16-20-18-28(22-8-3-2-7-21(20)22)24(30)9-5-13-27-23(29)11-10-19-6-4-12-26-17-19;26-20(10-9-16-5-3-11-23-14-16)24-12-4-8-21(27)25-15-17(13-22(28)29)18-6-1-2-7-19(18)25;1-5-3-2-4/h2-4,6-8,10-12,17,20H,5,9,13-16,18H2,1H3,(H,27,29);1-3,5-7,9-11,14,17H,4,8,12-13,15H2,(H,24,26)(H,28,29);4H,2-3H2,1H3/b11-10+;10-9+;. The molecule has 2 aliphatic heterocycles. The number of carboxylic acids is 1. The fraction of sp³-hybridized carbons (Fsp3) is 0.360. The number of anilines is 2. The van der Waals surface area contributed by atoms with Gasteiger partial charge in [-0.05, 0) is 71.5 Å². The zero-order valence-electron chi connectivity index (χ0n) is 38.0. The van der Waals surface area contributed by atoms with E-state index in [1.54, 1.807) is 73.1 Å². The van der Waals surface area contributed by atoms with Crippen molar-refractivity contribution in [3.63, 3.8) is 0 Å². The highest BCUT2D eigenvalue weighted by Gasteiger charge is 2.34. The largest absolute Gasteiger partial charge is 0.481 e. The number of nitrogens with one attached hydrogen (secondary N) is 2. The van der Waals surface area contributed by atoms with E-state index < -0.39 is 5.97 Å². The van der Waals surface area contributed by atoms with E-state index in [2.05, 4.69) is 25.3 Å². The minimum atomic E-state index is -0.874. The molecule has 4 heterocycles. The number of carbonyl (C=O) groups is 6. The topological polar surface area (TPSA) is 227 Å². The van der Waals surface area contributed by atoms with Crippen LogP contribution in [0.2, 0.25) is 0 Å². The molecule has 2 unspecified atom stereocenters. The molecule has 2 aliphatic rings. The van der Waals surface area contributed by atoms with E-state index in [0.29, 0.717) is 58.7 Å². The lowest BCUT2D eigenvalue weighted by Crippen LogP contribution is -2.31. The second-order valence-corrected chi connectivity index (χ2v) is 15.3. The highest BCUT2D eigenvalue weighted by molar-refractivity contribution is 5.97. The summed E-state index contributed by atoms with van der Waals surface area (Å²) in [5.41, 5.74) is 5.17. The quantitative estimate of drug-likeness (QED) is 0.0495. The number of aliphatic hydroxyl groups excluding tert-OH is 1. The SMILES string of the molecule is COCCO.COCCOC(=O)CC1CN(C(=O)CCCNC(=O)/C=C/c2cccnc2)c2ccccc21.O=C(O)CC1CN(C(=O)CCCNC(=O)/C=C/c2cccnc2)c2ccccc21. The van der Waals surface area contributed by atoms with Gasteiger partial charge < -0.3 is 44.9 Å². The summed E-state index contributed by atoms with van der Waals surface area (Å²) < 4.78 is 14.5. The van der Waals surface area contributed by atoms with Crippen LogP contribution in [-0.2, 0) is 43.0 Å². The van der Waals surface area contributed by atoms with Crippen LogP contribution in [0.25, 0.3) is 12.2 Å². The first kappa shape index (κ1) is 52.5. The van der Waals surface area contributed by atoms with Crippen molar-refractivity contribution in [1.82, 2.24) is 20.6 Å². The molecule has 2 aromatic heterocycles. The molecule has 0 radical (unpaired) electrons. The Bertz CT molecular complexity index is 2260. The molecule has 2 atom stereocenters. The smallest absolute Gasteiger partial charge is 0.306 e. The number of fused-ring (bicyclic) bond motifs is 2. The average molecular weight is 921 g/mol. The van der Waals surface area contributed by atoms with Gasteiger partial charge >= 0.3 is 11.9 Å². The second-order valence-electron chi connectivity index (χ2n) is 15.3. The molecule has 356 valence electrons. The van der Waals surface area contributed by atoms with Crippen LogP contribution in [0, 0.1) is 0 Å². The van der Waals surface area contributed by atoms with E-state index in [1.807, 2.05) is 60.7 Å². The lowest BCUT2D eigenvalue weighted by Gasteiger charge is -2.18. The number of aliphatic carboxylic acids is 1. The third-order valence-corrected chi connectivity index (χ3v) is 10.4. The van der Waals surface area contributed by atoms with Gasteiger partial charge in [-0.25, -0.2) is 0 Å². The zero-order valence-corrected chi connectivity index (χ0v) is 38.0. The van der Waals surface area contributed by atoms with Crippen molar-refractivity contribution >= 4 is 59.1 Å². The Balaban J connectivity index is 0.000000267. The normalized spacial score (nSPS) is 14.6. The lowest BCUT2D eigenvalue weighted by atomic mass is 9.98. The van der Waals surface area contributed by atoms with E-state index in [-0.39, 0.29) is 73.9 Å². The monoisotopic (exact) mass is 920 g/mol. The van der Waals surface area contributed by atoms with Gasteiger partial charge in [-0.1, -0.05) is 48.5 Å². The second kappa shape index (κ2) is 29.5. The summed E-state index contributed by atoms with van der Waals surface area (Å²) >= 11 is 0. The molecular weight excluding hydrogens is 861 g/mol. The van der Waals surface area contributed by atoms with E-state index >= 15 is 0 Å². The van der Waals surface area contributed by atoms with E-state index in [1.165, 1.54) is 12.2 Å². The number of esters is 1. The van der Waals surface area contributed by atoms with Crippen molar-refractivity contribution in [3.8, 4) is 0 Å². The Morgan fingerprint density at radius 3 is 1.55 bits per heavy atom. The fourth-order valence-electron chi connectivity index (χ4n) is 7.20. The number of ether oxygens (including phenoxy) is 3. The van der Waals surface area contributed by atoms with Crippen LogP contribution in [0.4, 0.5) is 11.4 Å². The third-order valence-electron chi connectivity index (χ3n) is 10.4. The maximum absolute atomic E-state index is 12.9. The summed E-state index contributed by atoms with van der Waals surface area (Å²) in [5.74, 6) is -2.01. The number of pyridine rings is 2. The number of rotatable bonds is 21. The van der Waals surface area contributed by atoms with Gasteiger partial charge in [-0.15, -0.1) is 0 Å². The van der Waals surface area contributed by atoms with Crippen molar-refractivity contribution in [3.05, 3.63) is 132 Å². The molecule has 6 rings (SSSR count). The van der Waals surface area contributed by atoms with Crippen molar-refractivity contribution in [2.24, 2.45) is 0 Å². The lowest BCUT2D eigenvalue weighted by molar-refractivity contribution is -0.145. The molecule has 0 spiro atoms. The summed E-state index contributed by atoms with van der Waals surface area (Å²) in [6.07, 6.45) is 14.7. The fourth-order valence-corrected chi connectivity index (χ4v) is 7.20. The number of aliphatic hydroxyl groups is 1. The third kappa shape index (κ3) is 18.4. The van der Waals surface area contributed by atoms with Gasteiger partial charge in [0.25, 0.3) is 0 Å². The van der Waals surface area contributed by atoms with Crippen LogP contribution in [0.3, 0.4) is 0 Å². The Kier molecular flexibility index (Phi) is 23.1. The Hall–Kier alpha value is -7.08. The maximum atomic E-state index is 12.9. The predicted octanol–water partition coefficient (Wildman–Crippen LogP) is 4.92. The molecule has 0 aliphatic carbocycles. The molecule has 4 aromatic rings. The van der Waals surface area contributed by atoms with E-state index in [4.69, 9.17) is 19.7 Å². The predicted molar refractivity (Wildman–Crippen MR) is 253 cm³/mol. The number of methoxy groups -OCH3 is 2. The van der Waals surface area contributed by atoms with E-state index in [9.17, 15) is 28.8 Å². The van der Waals surface area contributed by atoms with Gasteiger partial charge in [-0.3, -0.25) is 38.7 Å². The number of nitrogens with zero attached hydrogens (tertiary/aromatic N) is 4. The number of amides is 4. The number of hydrogen-bond acceptors (Lipinski definition) is 12. The van der Waals surface area contributed by atoms with Crippen molar-refractivity contribution in [2.45, 2.75) is 50.4 Å². The molecule has 4 N–H and O–H groups in total. The Morgan fingerprint density at radius 1 is 0.657 bits per heavy atom. The molecule has 0 saturated carbocycles. The Morgan fingerprint density at radius 2 is 1.13 bits per heavy atom. The number of aromatic nitrogens is 2. The van der Waals surface area contributed by atoms with Crippen LogP contribution in [0.1, 0.15) is 72.6 Å². The maximum Gasteiger partial charge on any atom is 0.306 e. The number of carbonyl (C=O) groups excluding carboxylic acids is 5. The summed E-state index contributed by atoms with van der Waals surface area (Å²) in [6.45, 7) is 2.74. The minimum Gasteiger partial charge on any atom is -0.481 e. The first-order valence-electron chi connectivity index (χ1n) is 22.0. The molecule has 17 nitrogen and oxygen atoms in total. The van der Waals surface area contributed by atoms with Crippen LogP contribution >= 0.6 is 0 Å². The van der Waals surface area contributed by atoms with Gasteiger partial charge in [0.15, 0.2) is 0 Å². The molecule has 2 aromatic carbocycles. The molecule has 4 amide bonds.